The molecule has 3 rings (SSSR count). The molecule has 1 aromatic carbocycles. The van der Waals surface area contributed by atoms with E-state index in [4.69, 9.17) is 5.11 Å². The molecule has 0 amide bonds. The van der Waals surface area contributed by atoms with E-state index in [1.165, 1.54) is 0 Å². The van der Waals surface area contributed by atoms with Gasteiger partial charge < -0.3 is 15.7 Å². The number of aliphatic hydroxyl groups is 1. The van der Waals surface area contributed by atoms with Gasteiger partial charge >= 0.3 is 0 Å². The third-order valence-electron chi connectivity index (χ3n) is 2.95. The second kappa shape index (κ2) is 6.68. The fourth-order valence-electron chi connectivity index (χ4n) is 1.94. The van der Waals surface area contributed by atoms with Crippen molar-refractivity contribution in [3.63, 3.8) is 0 Å². The largest absolute Gasteiger partial charge is 0.395 e. The number of para-hydroxylation sites is 1. The van der Waals surface area contributed by atoms with Crippen molar-refractivity contribution < 1.29 is 5.11 Å². The zero-order chi connectivity index (χ0) is 15.2. The van der Waals surface area contributed by atoms with Crippen molar-refractivity contribution in [1.82, 2.24) is 19.7 Å². The van der Waals surface area contributed by atoms with Gasteiger partial charge in [-0.15, -0.1) is 5.10 Å². The summed E-state index contributed by atoms with van der Waals surface area (Å²) in [6.45, 7) is 0.509. The van der Waals surface area contributed by atoms with Gasteiger partial charge in [-0.25, -0.2) is 9.67 Å². The number of hydrogen-bond donors (Lipinski definition) is 3. The first-order chi connectivity index (χ1) is 10.8. The quantitative estimate of drug-likeness (QED) is 0.643. The summed E-state index contributed by atoms with van der Waals surface area (Å²) >= 11 is 0. The van der Waals surface area contributed by atoms with Crippen LogP contribution in [0.25, 0.3) is 5.69 Å². The summed E-state index contributed by atoms with van der Waals surface area (Å²) in [5.41, 5.74) is 1.77. The van der Waals surface area contributed by atoms with E-state index >= 15 is 0 Å². The van der Waals surface area contributed by atoms with Crippen LogP contribution >= 0.6 is 0 Å². The highest BCUT2D eigenvalue weighted by Gasteiger charge is 2.04. The topological polar surface area (TPSA) is 87.9 Å². The van der Waals surface area contributed by atoms with E-state index < -0.39 is 0 Å². The van der Waals surface area contributed by atoms with Crippen LogP contribution < -0.4 is 10.6 Å². The molecule has 0 spiro atoms. The van der Waals surface area contributed by atoms with Crippen molar-refractivity contribution in [2.75, 3.05) is 23.8 Å². The average Bonchev–Trinajstić information content (AvgIpc) is 3.03. The fourth-order valence-corrected chi connectivity index (χ4v) is 1.94. The molecule has 3 aromatic rings. The van der Waals surface area contributed by atoms with Crippen LogP contribution in [0.2, 0.25) is 0 Å². The summed E-state index contributed by atoms with van der Waals surface area (Å²) in [4.78, 5) is 8.42. The molecule has 0 aliphatic rings. The maximum Gasteiger partial charge on any atom is 0.246 e. The first-order valence-electron chi connectivity index (χ1n) is 6.90. The van der Waals surface area contributed by atoms with Crippen LogP contribution in [0, 0.1) is 0 Å². The highest BCUT2D eigenvalue weighted by molar-refractivity contribution is 5.52. The molecule has 0 bridgehead atoms. The third kappa shape index (κ3) is 3.39. The number of rotatable bonds is 6. The maximum absolute atomic E-state index is 8.83. The standard InChI is InChI=1S/C15H16N6O/c22-9-8-17-14-10-13(6-7-16-14)21-11-18-15(20-21)19-12-4-2-1-3-5-12/h1-7,10-11,22H,8-9H2,(H,16,17)(H,19,20). The first kappa shape index (κ1) is 14.0. The number of aromatic nitrogens is 4. The molecule has 7 heteroatoms. The lowest BCUT2D eigenvalue weighted by Gasteiger charge is -2.05. The van der Waals surface area contributed by atoms with E-state index in [1.807, 2.05) is 42.5 Å². The molecule has 0 saturated carbocycles. The van der Waals surface area contributed by atoms with Gasteiger partial charge in [-0.05, 0) is 18.2 Å². The molecule has 0 atom stereocenters. The molecular weight excluding hydrogens is 280 g/mol. The number of hydrogen-bond acceptors (Lipinski definition) is 6. The lowest BCUT2D eigenvalue weighted by atomic mass is 10.3. The number of anilines is 3. The summed E-state index contributed by atoms with van der Waals surface area (Å²) in [6.07, 6.45) is 3.32. The predicted molar refractivity (Wildman–Crippen MR) is 84.5 cm³/mol. The van der Waals surface area contributed by atoms with Crippen LogP contribution in [0.3, 0.4) is 0 Å². The Morgan fingerprint density at radius 2 is 1.95 bits per heavy atom. The van der Waals surface area contributed by atoms with Crippen molar-refractivity contribution in [1.29, 1.82) is 0 Å². The van der Waals surface area contributed by atoms with E-state index in [0.29, 0.717) is 18.3 Å². The average molecular weight is 296 g/mol. The highest BCUT2D eigenvalue weighted by Crippen LogP contribution is 2.14. The molecule has 0 aliphatic carbocycles. The van der Waals surface area contributed by atoms with Crippen LogP contribution in [0.1, 0.15) is 0 Å². The lowest BCUT2D eigenvalue weighted by Crippen LogP contribution is -2.07. The summed E-state index contributed by atoms with van der Waals surface area (Å²) < 4.78 is 1.66. The molecule has 0 aliphatic heterocycles. The van der Waals surface area contributed by atoms with Crippen molar-refractivity contribution in [2.45, 2.75) is 0 Å². The molecule has 0 saturated heterocycles. The number of pyridine rings is 1. The van der Waals surface area contributed by atoms with E-state index in [0.717, 1.165) is 11.4 Å². The van der Waals surface area contributed by atoms with Gasteiger partial charge in [0.25, 0.3) is 0 Å². The van der Waals surface area contributed by atoms with Crippen LogP contribution in [0.5, 0.6) is 0 Å². The van der Waals surface area contributed by atoms with E-state index in [2.05, 4.69) is 25.7 Å². The Bertz CT molecular complexity index is 728. The van der Waals surface area contributed by atoms with E-state index in [9.17, 15) is 0 Å². The molecular formula is C15H16N6O. The normalized spacial score (nSPS) is 10.4. The van der Waals surface area contributed by atoms with Gasteiger partial charge in [-0.3, -0.25) is 0 Å². The van der Waals surface area contributed by atoms with Gasteiger partial charge in [0.05, 0.1) is 12.3 Å². The molecule has 0 fully saturated rings. The third-order valence-corrected chi connectivity index (χ3v) is 2.95. The lowest BCUT2D eigenvalue weighted by molar-refractivity contribution is 0.311. The molecule has 0 unspecified atom stereocenters. The number of aliphatic hydroxyl groups excluding tert-OH is 1. The SMILES string of the molecule is OCCNc1cc(-n2cnc(Nc3ccccc3)n2)ccn1. The Morgan fingerprint density at radius 3 is 2.77 bits per heavy atom. The second-order valence-corrected chi connectivity index (χ2v) is 4.55. The van der Waals surface area contributed by atoms with E-state index in [-0.39, 0.29) is 6.61 Å². The Labute approximate surface area is 127 Å². The Morgan fingerprint density at radius 1 is 1.09 bits per heavy atom. The summed E-state index contributed by atoms with van der Waals surface area (Å²) in [5, 5.41) is 19.4. The molecule has 7 nitrogen and oxygen atoms in total. The van der Waals surface area contributed by atoms with Gasteiger partial charge in [0, 0.05) is 24.5 Å². The minimum atomic E-state index is 0.0559. The minimum absolute atomic E-state index is 0.0559. The van der Waals surface area contributed by atoms with Gasteiger partial charge in [0.1, 0.15) is 12.1 Å². The summed E-state index contributed by atoms with van der Waals surface area (Å²) in [6, 6.07) is 13.4. The smallest absolute Gasteiger partial charge is 0.246 e. The molecule has 0 radical (unpaired) electrons. The molecule has 2 aromatic heterocycles. The minimum Gasteiger partial charge on any atom is -0.395 e. The first-order valence-corrected chi connectivity index (χ1v) is 6.90. The zero-order valence-electron chi connectivity index (χ0n) is 11.8. The summed E-state index contributed by atoms with van der Waals surface area (Å²) in [5.74, 6) is 1.20. The molecule has 3 N–H and O–H groups in total. The Balaban J connectivity index is 1.76. The summed E-state index contributed by atoms with van der Waals surface area (Å²) in [7, 11) is 0. The predicted octanol–water partition coefficient (Wildman–Crippen LogP) is 1.81. The second-order valence-electron chi connectivity index (χ2n) is 4.55. The van der Waals surface area contributed by atoms with Crippen LogP contribution in [0.4, 0.5) is 17.5 Å². The van der Waals surface area contributed by atoms with Crippen molar-refractivity contribution >= 4 is 17.5 Å². The molecule has 112 valence electrons. The monoisotopic (exact) mass is 296 g/mol. The van der Waals surface area contributed by atoms with E-state index in [1.54, 1.807) is 17.2 Å². The van der Waals surface area contributed by atoms with Crippen LogP contribution in [-0.2, 0) is 0 Å². The highest BCUT2D eigenvalue weighted by atomic mass is 16.3. The Hall–Kier alpha value is -2.93. The van der Waals surface area contributed by atoms with Crippen molar-refractivity contribution in [3.8, 4) is 5.69 Å². The van der Waals surface area contributed by atoms with Gasteiger partial charge in [-0.1, -0.05) is 18.2 Å². The fraction of sp³-hybridized carbons (Fsp3) is 0.133. The van der Waals surface area contributed by atoms with Crippen molar-refractivity contribution in [2.24, 2.45) is 0 Å². The number of nitrogens with one attached hydrogen (secondary N) is 2. The number of nitrogens with zero attached hydrogens (tertiary/aromatic N) is 4. The molecule has 22 heavy (non-hydrogen) atoms. The maximum atomic E-state index is 8.83. The van der Waals surface area contributed by atoms with Gasteiger partial charge in [0.2, 0.25) is 5.95 Å². The van der Waals surface area contributed by atoms with Crippen LogP contribution in [-0.4, -0.2) is 38.0 Å². The number of benzene rings is 1. The Kier molecular flexibility index (Phi) is 4.26. The molecule has 2 heterocycles. The van der Waals surface area contributed by atoms with Crippen molar-refractivity contribution in [3.05, 3.63) is 55.0 Å². The van der Waals surface area contributed by atoms with Gasteiger partial charge in [-0.2, -0.15) is 4.98 Å². The van der Waals surface area contributed by atoms with Gasteiger partial charge in [0.15, 0.2) is 0 Å². The van der Waals surface area contributed by atoms with Crippen LogP contribution in [0.15, 0.2) is 55.0 Å². The zero-order valence-corrected chi connectivity index (χ0v) is 11.8.